The fourth-order valence-corrected chi connectivity index (χ4v) is 2.57. The van der Waals surface area contributed by atoms with Crippen molar-refractivity contribution in [2.24, 2.45) is 0 Å². The van der Waals surface area contributed by atoms with Gasteiger partial charge >= 0.3 is 0 Å². The molecular weight excluding hydrogens is 212 g/mol. The molecule has 0 amide bonds. The largest absolute Gasteiger partial charge is 0.390 e. The molecule has 0 aliphatic carbocycles. The third kappa shape index (κ3) is 2.79. The van der Waals surface area contributed by atoms with E-state index in [0.29, 0.717) is 19.1 Å². The van der Waals surface area contributed by atoms with E-state index in [1.165, 1.54) is 17.7 Å². The number of benzene rings is 1. The van der Waals surface area contributed by atoms with Gasteiger partial charge in [0, 0.05) is 24.8 Å². The van der Waals surface area contributed by atoms with Gasteiger partial charge in [-0.1, -0.05) is 18.2 Å². The summed E-state index contributed by atoms with van der Waals surface area (Å²) in [5.41, 5.74) is 2.70. The number of fused-ring (bicyclic) bond motifs is 1. The zero-order valence-electron chi connectivity index (χ0n) is 10.7. The quantitative estimate of drug-likeness (QED) is 0.827. The number of aliphatic hydroxyl groups is 1. The number of nitrogens with zero attached hydrogens (tertiary/aromatic N) is 1. The average molecular weight is 234 g/mol. The highest BCUT2D eigenvalue weighted by Gasteiger charge is 2.24. The van der Waals surface area contributed by atoms with Gasteiger partial charge in [0.25, 0.3) is 0 Å². The van der Waals surface area contributed by atoms with E-state index in [1.807, 2.05) is 7.05 Å². The first kappa shape index (κ1) is 12.4. The highest BCUT2D eigenvalue weighted by atomic mass is 16.3. The number of hydrogen-bond acceptors (Lipinski definition) is 3. The van der Waals surface area contributed by atoms with Gasteiger partial charge in [-0.05, 0) is 38.4 Å². The standard InChI is InChI=1S/C14H22N2O/c1-11-7-8-12-5-3-4-6-14(12)16(11)10-13(17)9-15-2/h3-6,11,13,15,17H,7-10H2,1-2H3. The second-order valence-electron chi connectivity index (χ2n) is 4.88. The SMILES string of the molecule is CNCC(O)CN1c2ccccc2CCC1C. The number of likely N-dealkylation sites (N-methyl/N-ethyl adjacent to an activating group) is 1. The molecule has 17 heavy (non-hydrogen) atoms. The molecule has 0 fully saturated rings. The number of para-hydroxylation sites is 1. The maximum absolute atomic E-state index is 9.94. The Morgan fingerprint density at radius 3 is 3.00 bits per heavy atom. The van der Waals surface area contributed by atoms with Crippen LogP contribution in [0, 0.1) is 0 Å². The van der Waals surface area contributed by atoms with Crippen LogP contribution < -0.4 is 10.2 Å². The van der Waals surface area contributed by atoms with Crippen molar-refractivity contribution in [1.29, 1.82) is 0 Å². The van der Waals surface area contributed by atoms with Gasteiger partial charge in [-0.25, -0.2) is 0 Å². The highest BCUT2D eigenvalue weighted by Crippen LogP contribution is 2.30. The molecule has 1 aliphatic heterocycles. The highest BCUT2D eigenvalue weighted by molar-refractivity contribution is 5.56. The second-order valence-corrected chi connectivity index (χ2v) is 4.88. The summed E-state index contributed by atoms with van der Waals surface area (Å²) in [5.74, 6) is 0. The van der Waals surface area contributed by atoms with Crippen molar-refractivity contribution in [2.45, 2.75) is 31.9 Å². The van der Waals surface area contributed by atoms with Crippen LogP contribution >= 0.6 is 0 Å². The van der Waals surface area contributed by atoms with Gasteiger partial charge < -0.3 is 15.3 Å². The molecule has 2 unspecified atom stereocenters. The first-order chi connectivity index (χ1) is 8.22. The van der Waals surface area contributed by atoms with Gasteiger partial charge in [0.2, 0.25) is 0 Å². The van der Waals surface area contributed by atoms with Gasteiger partial charge in [0.05, 0.1) is 6.10 Å². The van der Waals surface area contributed by atoms with E-state index in [1.54, 1.807) is 0 Å². The monoisotopic (exact) mass is 234 g/mol. The topological polar surface area (TPSA) is 35.5 Å². The lowest BCUT2D eigenvalue weighted by atomic mass is 9.96. The molecule has 3 nitrogen and oxygen atoms in total. The minimum atomic E-state index is -0.311. The molecule has 2 rings (SSSR count). The summed E-state index contributed by atoms with van der Waals surface area (Å²) >= 11 is 0. The van der Waals surface area contributed by atoms with Crippen LogP contribution in [0.3, 0.4) is 0 Å². The molecule has 0 saturated carbocycles. The van der Waals surface area contributed by atoms with E-state index in [9.17, 15) is 5.11 Å². The van der Waals surface area contributed by atoms with Crippen LogP contribution in [0.25, 0.3) is 0 Å². The molecule has 0 bridgehead atoms. The molecule has 94 valence electrons. The Bertz CT molecular complexity index is 367. The van der Waals surface area contributed by atoms with Crippen molar-refractivity contribution in [3.63, 3.8) is 0 Å². The van der Waals surface area contributed by atoms with Crippen molar-refractivity contribution < 1.29 is 5.11 Å². The van der Waals surface area contributed by atoms with Crippen LogP contribution in [0.4, 0.5) is 5.69 Å². The minimum absolute atomic E-state index is 0.311. The van der Waals surface area contributed by atoms with Crippen LogP contribution in [0.5, 0.6) is 0 Å². The zero-order valence-corrected chi connectivity index (χ0v) is 10.7. The predicted octanol–water partition coefficient (Wildman–Crippen LogP) is 1.41. The Morgan fingerprint density at radius 1 is 1.47 bits per heavy atom. The van der Waals surface area contributed by atoms with Crippen molar-refractivity contribution in [1.82, 2.24) is 5.32 Å². The van der Waals surface area contributed by atoms with E-state index >= 15 is 0 Å². The third-order valence-corrected chi connectivity index (χ3v) is 3.51. The lowest BCUT2D eigenvalue weighted by molar-refractivity contribution is 0.176. The Balaban J connectivity index is 2.15. The lowest BCUT2D eigenvalue weighted by Crippen LogP contribution is -2.44. The molecule has 1 heterocycles. The van der Waals surface area contributed by atoms with Gasteiger partial charge in [-0.2, -0.15) is 0 Å². The summed E-state index contributed by atoms with van der Waals surface area (Å²) in [4.78, 5) is 2.33. The number of aryl methyl sites for hydroxylation is 1. The fourth-order valence-electron chi connectivity index (χ4n) is 2.57. The van der Waals surface area contributed by atoms with Crippen molar-refractivity contribution >= 4 is 5.69 Å². The Labute approximate surface area is 103 Å². The molecule has 3 heteroatoms. The minimum Gasteiger partial charge on any atom is -0.390 e. The Morgan fingerprint density at radius 2 is 2.24 bits per heavy atom. The van der Waals surface area contributed by atoms with Crippen molar-refractivity contribution in [3.8, 4) is 0 Å². The van der Waals surface area contributed by atoms with E-state index in [4.69, 9.17) is 0 Å². The molecule has 0 aromatic heterocycles. The van der Waals surface area contributed by atoms with E-state index < -0.39 is 0 Å². The maximum Gasteiger partial charge on any atom is 0.0839 e. The average Bonchev–Trinajstić information content (AvgIpc) is 2.33. The lowest BCUT2D eigenvalue weighted by Gasteiger charge is -2.38. The summed E-state index contributed by atoms with van der Waals surface area (Å²) in [6.45, 7) is 3.59. The molecule has 0 saturated heterocycles. The van der Waals surface area contributed by atoms with Gasteiger partial charge in [0.15, 0.2) is 0 Å². The molecule has 2 atom stereocenters. The smallest absolute Gasteiger partial charge is 0.0839 e. The van der Waals surface area contributed by atoms with Crippen LogP contribution in [0.1, 0.15) is 18.9 Å². The van der Waals surface area contributed by atoms with Crippen LogP contribution in [-0.4, -0.2) is 37.4 Å². The Hall–Kier alpha value is -1.06. The van der Waals surface area contributed by atoms with Crippen LogP contribution in [0.2, 0.25) is 0 Å². The molecule has 1 aromatic rings. The van der Waals surface area contributed by atoms with Crippen molar-refractivity contribution in [3.05, 3.63) is 29.8 Å². The fraction of sp³-hybridized carbons (Fsp3) is 0.571. The molecule has 1 aliphatic rings. The van der Waals surface area contributed by atoms with Gasteiger partial charge in [-0.3, -0.25) is 0 Å². The number of anilines is 1. The summed E-state index contributed by atoms with van der Waals surface area (Å²) < 4.78 is 0. The number of hydrogen-bond donors (Lipinski definition) is 2. The van der Waals surface area contributed by atoms with Crippen molar-refractivity contribution in [2.75, 3.05) is 25.0 Å². The molecular formula is C14H22N2O. The summed E-state index contributed by atoms with van der Waals surface area (Å²) in [7, 11) is 1.87. The third-order valence-electron chi connectivity index (χ3n) is 3.51. The van der Waals surface area contributed by atoms with E-state index in [0.717, 1.165) is 6.42 Å². The molecule has 2 N–H and O–H groups in total. The Kier molecular flexibility index (Phi) is 4.02. The molecule has 0 spiro atoms. The van der Waals surface area contributed by atoms with E-state index in [-0.39, 0.29) is 6.10 Å². The van der Waals surface area contributed by atoms with Crippen LogP contribution in [-0.2, 0) is 6.42 Å². The second kappa shape index (κ2) is 5.52. The summed E-state index contributed by atoms with van der Waals surface area (Å²) in [5, 5.41) is 13.0. The van der Waals surface area contributed by atoms with Crippen LogP contribution in [0.15, 0.2) is 24.3 Å². The van der Waals surface area contributed by atoms with Gasteiger partial charge in [-0.15, -0.1) is 0 Å². The predicted molar refractivity (Wildman–Crippen MR) is 71.5 cm³/mol. The number of rotatable bonds is 4. The first-order valence-corrected chi connectivity index (χ1v) is 6.39. The first-order valence-electron chi connectivity index (χ1n) is 6.39. The van der Waals surface area contributed by atoms with E-state index in [2.05, 4.69) is 41.4 Å². The number of aliphatic hydroxyl groups excluding tert-OH is 1. The molecule has 1 aromatic carbocycles. The van der Waals surface area contributed by atoms with Gasteiger partial charge in [0.1, 0.15) is 0 Å². The number of β-amino-alcohol motifs (C(OH)–C–C–N with tert-alkyl or cyclic N) is 1. The normalized spacial score (nSPS) is 21.1. The summed E-state index contributed by atoms with van der Waals surface area (Å²) in [6, 6.07) is 9.04. The molecule has 0 radical (unpaired) electrons. The maximum atomic E-state index is 9.94. The summed E-state index contributed by atoms with van der Waals surface area (Å²) in [6.07, 6.45) is 2.01. The number of nitrogens with one attached hydrogen (secondary N) is 1. The zero-order chi connectivity index (χ0) is 12.3.